The second kappa shape index (κ2) is 8.98. The number of rotatable bonds is 3. The first-order valence-corrected chi connectivity index (χ1v) is 12.8. The topological polar surface area (TPSA) is 57.9 Å². The van der Waals surface area contributed by atoms with E-state index in [1.807, 2.05) is 18.2 Å². The van der Waals surface area contributed by atoms with Crippen molar-refractivity contribution in [1.29, 1.82) is 0 Å². The number of nitrogens with zero attached hydrogens (tertiary/aromatic N) is 4. The molecule has 168 valence electrons. The molecule has 1 amide bonds. The average molecular weight is 469 g/mol. The molecule has 0 radical (unpaired) electrons. The maximum absolute atomic E-state index is 13.5. The normalized spacial score (nSPS) is 24.2. The first-order valence-electron chi connectivity index (χ1n) is 11.6. The van der Waals surface area contributed by atoms with E-state index in [0.717, 1.165) is 45.2 Å². The summed E-state index contributed by atoms with van der Waals surface area (Å²) in [6.07, 6.45) is 11.2. The Hall–Kier alpha value is -2.19. The third-order valence-corrected chi connectivity index (χ3v) is 8.07. The Morgan fingerprint density at radius 2 is 1.94 bits per heavy atom. The minimum absolute atomic E-state index is 0.0672. The molecule has 0 bridgehead atoms. The maximum atomic E-state index is 13.5. The number of amides is 1. The highest BCUT2D eigenvalue weighted by atomic mass is 32.2. The predicted molar refractivity (Wildman–Crippen MR) is 134 cm³/mol. The molecule has 1 aliphatic carbocycles. The van der Waals surface area contributed by atoms with Crippen LogP contribution in [0.3, 0.4) is 0 Å². The van der Waals surface area contributed by atoms with Gasteiger partial charge in [-0.15, -0.1) is 0 Å². The average Bonchev–Trinajstić information content (AvgIpc) is 3.09. The van der Waals surface area contributed by atoms with Crippen LogP contribution in [-0.4, -0.2) is 43.6 Å². The van der Waals surface area contributed by atoms with Gasteiger partial charge in [-0.05, 0) is 49.8 Å². The summed E-state index contributed by atoms with van der Waals surface area (Å²) < 4.78 is 2.17. The third kappa shape index (κ3) is 3.99. The molecule has 2 aromatic heterocycles. The van der Waals surface area contributed by atoms with Crippen molar-refractivity contribution in [2.45, 2.75) is 57.9 Å². The van der Waals surface area contributed by atoms with Crippen LogP contribution in [0.4, 0.5) is 5.82 Å². The van der Waals surface area contributed by atoms with Crippen molar-refractivity contribution >= 4 is 51.7 Å². The largest absolute Gasteiger partial charge is 0.356 e. The van der Waals surface area contributed by atoms with E-state index in [0.29, 0.717) is 32.2 Å². The predicted octanol–water partition coefficient (Wildman–Crippen LogP) is 4.46. The van der Waals surface area contributed by atoms with Crippen molar-refractivity contribution in [3.05, 3.63) is 45.2 Å². The second-order valence-electron chi connectivity index (χ2n) is 9.12. The van der Waals surface area contributed by atoms with Crippen LogP contribution in [-0.2, 0) is 4.79 Å². The van der Waals surface area contributed by atoms with Gasteiger partial charge in [0.25, 0.3) is 11.5 Å². The Balaban J connectivity index is 1.58. The fourth-order valence-electron chi connectivity index (χ4n) is 5.11. The van der Waals surface area contributed by atoms with Crippen LogP contribution in [0.15, 0.2) is 34.1 Å². The van der Waals surface area contributed by atoms with Crippen LogP contribution < -0.4 is 10.5 Å². The summed E-state index contributed by atoms with van der Waals surface area (Å²) in [7, 11) is 0. The van der Waals surface area contributed by atoms with E-state index in [1.54, 1.807) is 21.6 Å². The van der Waals surface area contributed by atoms with Gasteiger partial charge in [0.15, 0.2) is 0 Å². The lowest BCUT2D eigenvalue weighted by molar-refractivity contribution is -0.124. The quantitative estimate of drug-likeness (QED) is 0.490. The number of carbonyl (C=O) groups excluding carboxylic acids is 1. The number of piperidine rings is 1. The highest BCUT2D eigenvalue weighted by Crippen LogP contribution is 2.38. The number of thiocarbonyl (C=S) groups is 1. The summed E-state index contributed by atoms with van der Waals surface area (Å²) in [5.41, 5.74) is 0.955. The summed E-state index contributed by atoms with van der Waals surface area (Å²) in [5.74, 6) is 1.15. The Morgan fingerprint density at radius 1 is 1.12 bits per heavy atom. The molecule has 0 aromatic carbocycles. The van der Waals surface area contributed by atoms with E-state index in [1.165, 1.54) is 24.6 Å². The minimum atomic E-state index is -0.147. The molecule has 2 saturated heterocycles. The van der Waals surface area contributed by atoms with Gasteiger partial charge in [-0.2, -0.15) is 0 Å². The van der Waals surface area contributed by atoms with Gasteiger partial charge in [0.2, 0.25) is 0 Å². The van der Waals surface area contributed by atoms with E-state index in [2.05, 4.69) is 11.8 Å². The van der Waals surface area contributed by atoms with Gasteiger partial charge >= 0.3 is 0 Å². The molecule has 8 heteroatoms. The molecule has 0 N–H and O–H groups in total. The van der Waals surface area contributed by atoms with Crippen molar-refractivity contribution in [3.8, 4) is 0 Å². The molecule has 32 heavy (non-hydrogen) atoms. The zero-order chi connectivity index (χ0) is 22.2. The van der Waals surface area contributed by atoms with E-state index in [4.69, 9.17) is 17.2 Å². The summed E-state index contributed by atoms with van der Waals surface area (Å²) in [6.45, 7) is 3.96. The minimum Gasteiger partial charge on any atom is -0.356 e. The molecule has 2 aromatic rings. The van der Waals surface area contributed by atoms with Gasteiger partial charge in [0.05, 0.1) is 10.5 Å². The molecular formula is C24H28N4O2S2. The number of hydrogen-bond donors (Lipinski definition) is 0. The maximum Gasteiger partial charge on any atom is 0.267 e. The van der Waals surface area contributed by atoms with E-state index < -0.39 is 0 Å². The standard InChI is InChI=1S/C24H28N4O2S2/c1-16-8-7-12-26(15-16)21-18(22(29)27-13-6-5-11-20(27)25-21)14-19-23(30)28(24(31)32-19)17-9-3-2-4-10-17/h5-6,11,13-14,16-17H,2-4,7-10,12,15H2,1H3/b19-14+/t16-/m0/s1. The molecule has 3 aliphatic rings. The SMILES string of the molecule is C[C@H]1CCCN(c2nc3ccccn3c(=O)c2/C=C2/SC(=S)N(C3CCCCC3)C2=O)C1. The van der Waals surface area contributed by atoms with Gasteiger partial charge in [0, 0.05) is 25.3 Å². The molecule has 2 aliphatic heterocycles. The summed E-state index contributed by atoms with van der Waals surface area (Å²) in [4.78, 5) is 36.2. The van der Waals surface area contributed by atoms with Crippen molar-refractivity contribution in [2.24, 2.45) is 5.92 Å². The second-order valence-corrected chi connectivity index (χ2v) is 10.8. The number of hydrogen-bond acceptors (Lipinski definition) is 6. The first-order chi connectivity index (χ1) is 15.5. The number of thioether (sulfide) groups is 1. The number of pyridine rings is 1. The van der Waals surface area contributed by atoms with Crippen molar-refractivity contribution < 1.29 is 4.79 Å². The zero-order valence-electron chi connectivity index (χ0n) is 18.3. The molecule has 3 fully saturated rings. The van der Waals surface area contributed by atoms with Crippen LogP contribution in [0.1, 0.15) is 57.4 Å². The number of anilines is 1. The van der Waals surface area contributed by atoms with E-state index >= 15 is 0 Å². The number of carbonyl (C=O) groups is 1. The first kappa shape index (κ1) is 21.6. The molecular weight excluding hydrogens is 440 g/mol. The zero-order valence-corrected chi connectivity index (χ0v) is 20.0. The molecule has 1 atom stereocenters. The van der Waals surface area contributed by atoms with E-state index in [-0.39, 0.29) is 17.5 Å². The molecule has 5 rings (SSSR count). The molecule has 1 saturated carbocycles. The van der Waals surface area contributed by atoms with Crippen LogP contribution in [0, 0.1) is 5.92 Å². The van der Waals surface area contributed by atoms with E-state index in [9.17, 15) is 9.59 Å². The Labute approximate surface area is 197 Å². The lowest BCUT2D eigenvalue weighted by Gasteiger charge is -2.32. The van der Waals surface area contributed by atoms with Gasteiger partial charge < -0.3 is 4.90 Å². The lowest BCUT2D eigenvalue weighted by atomic mass is 9.94. The molecule has 6 nitrogen and oxygen atoms in total. The van der Waals surface area contributed by atoms with Crippen molar-refractivity contribution in [3.63, 3.8) is 0 Å². The van der Waals surface area contributed by atoms with Crippen LogP contribution in [0.5, 0.6) is 0 Å². The fourth-order valence-corrected chi connectivity index (χ4v) is 6.49. The van der Waals surface area contributed by atoms with Gasteiger partial charge in [-0.25, -0.2) is 4.98 Å². The fraction of sp³-hybridized carbons (Fsp3) is 0.500. The van der Waals surface area contributed by atoms with Gasteiger partial charge in [0.1, 0.15) is 15.8 Å². The summed E-state index contributed by atoms with van der Waals surface area (Å²) in [5, 5.41) is 0. The molecule has 0 unspecified atom stereocenters. The Bertz CT molecular complexity index is 1150. The van der Waals surface area contributed by atoms with Crippen molar-refractivity contribution in [1.82, 2.24) is 14.3 Å². The smallest absolute Gasteiger partial charge is 0.267 e. The number of fused-ring (bicyclic) bond motifs is 1. The monoisotopic (exact) mass is 468 g/mol. The van der Waals surface area contributed by atoms with Crippen molar-refractivity contribution in [2.75, 3.05) is 18.0 Å². The summed E-state index contributed by atoms with van der Waals surface area (Å²) in [6, 6.07) is 5.75. The van der Waals surface area contributed by atoms with Gasteiger partial charge in [-0.3, -0.25) is 18.9 Å². The number of aromatic nitrogens is 2. The van der Waals surface area contributed by atoms with Crippen LogP contribution in [0.2, 0.25) is 0 Å². The third-order valence-electron chi connectivity index (χ3n) is 6.74. The Kier molecular flexibility index (Phi) is 6.07. The van der Waals surface area contributed by atoms with Gasteiger partial charge in [-0.1, -0.05) is 56.2 Å². The summed E-state index contributed by atoms with van der Waals surface area (Å²) >= 11 is 6.91. The molecule has 4 heterocycles. The highest BCUT2D eigenvalue weighted by Gasteiger charge is 2.38. The lowest BCUT2D eigenvalue weighted by Crippen LogP contribution is -2.39. The molecule has 0 spiro atoms. The Morgan fingerprint density at radius 3 is 2.72 bits per heavy atom. The van der Waals surface area contributed by atoms with Crippen LogP contribution in [0.25, 0.3) is 11.7 Å². The highest BCUT2D eigenvalue weighted by molar-refractivity contribution is 8.26. The van der Waals surface area contributed by atoms with Crippen LogP contribution >= 0.6 is 24.0 Å².